The third kappa shape index (κ3) is 4.61. The van der Waals surface area contributed by atoms with Crippen molar-refractivity contribution in [2.75, 3.05) is 12.3 Å². The maximum absolute atomic E-state index is 11.5. The summed E-state index contributed by atoms with van der Waals surface area (Å²) >= 11 is 1.24. The Morgan fingerprint density at radius 1 is 1.47 bits per heavy atom. The summed E-state index contributed by atoms with van der Waals surface area (Å²) < 4.78 is 0. The molecule has 0 aliphatic rings. The van der Waals surface area contributed by atoms with Crippen LogP contribution in [0.3, 0.4) is 0 Å². The average molecular weight is 274 g/mol. The normalized spacial score (nSPS) is 9.47. The molecule has 1 aromatic heterocycles. The molecule has 0 aliphatic heterocycles. The van der Waals surface area contributed by atoms with Crippen molar-refractivity contribution in [1.82, 2.24) is 10.3 Å². The van der Waals surface area contributed by atoms with Crippen LogP contribution in [0.15, 0.2) is 11.1 Å². The molecule has 1 rings (SSSR count). The summed E-state index contributed by atoms with van der Waals surface area (Å²) in [6, 6.07) is 5.90. The predicted molar refractivity (Wildman–Crippen MR) is 72.4 cm³/mol. The third-order valence-corrected chi connectivity index (χ3v) is 3.30. The van der Waals surface area contributed by atoms with E-state index in [0.29, 0.717) is 23.6 Å². The van der Waals surface area contributed by atoms with Crippen molar-refractivity contribution in [3.05, 3.63) is 22.9 Å². The molecule has 0 unspecified atom stereocenters. The van der Waals surface area contributed by atoms with Crippen LogP contribution >= 0.6 is 11.8 Å². The second-order valence-electron chi connectivity index (χ2n) is 3.92. The number of nitriles is 2. The number of nitrogens with one attached hydrogen (secondary N) is 1. The molecule has 0 spiro atoms. The lowest BCUT2D eigenvalue weighted by atomic mass is 10.1. The molecular weight excluding hydrogens is 260 g/mol. The standard InChI is InChI=1S/C13H14N4OS/c1-9-6-10(2)17-13(11(9)7-15)19-8-12(18)16-5-3-4-14/h6H,3,5,8H2,1-2H3,(H,16,18). The van der Waals surface area contributed by atoms with Gasteiger partial charge in [-0.15, -0.1) is 0 Å². The van der Waals surface area contributed by atoms with Crippen LogP contribution in [0, 0.1) is 36.5 Å². The molecule has 0 saturated heterocycles. The van der Waals surface area contributed by atoms with Crippen molar-refractivity contribution >= 4 is 17.7 Å². The zero-order chi connectivity index (χ0) is 14.3. The molecule has 5 nitrogen and oxygen atoms in total. The molecular formula is C13H14N4OS. The van der Waals surface area contributed by atoms with Gasteiger partial charge >= 0.3 is 0 Å². The van der Waals surface area contributed by atoms with Crippen molar-refractivity contribution in [3.8, 4) is 12.1 Å². The van der Waals surface area contributed by atoms with Crippen LogP contribution in [0.2, 0.25) is 0 Å². The van der Waals surface area contributed by atoms with E-state index in [1.165, 1.54) is 11.8 Å². The lowest BCUT2D eigenvalue weighted by Gasteiger charge is -2.07. The number of hydrogen-bond donors (Lipinski definition) is 1. The molecule has 1 N–H and O–H groups in total. The van der Waals surface area contributed by atoms with Gasteiger partial charge in [0, 0.05) is 12.2 Å². The summed E-state index contributed by atoms with van der Waals surface area (Å²) in [6.07, 6.45) is 0.293. The molecule has 1 amide bonds. The lowest BCUT2D eigenvalue weighted by molar-refractivity contribution is -0.118. The smallest absolute Gasteiger partial charge is 0.230 e. The maximum Gasteiger partial charge on any atom is 0.230 e. The highest BCUT2D eigenvalue weighted by Crippen LogP contribution is 2.23. The fourth-order valence-corrected chi connectivity index (χ4v) is 2.42. The minimum absolute atomic E-state index is 0.162. The Morgan fingerprint density at radius 2 is 2.21 bits per heavy atom. The van der Waals surface area contributed by atoms with Gasteiger partial charge in [0.1, 0.15) is 11.1 Å². The van der Waals surface area contributed by atoms with E-state index in [2.05, 4.69) is 16.4 Å². The molecule has 1 heterocycles. The summed E-state index contributed by atoms with van der Waals surface area (Å²) in [7, 11) is 0. The fraction of sp³-hybridized carbons (Fsp3) is 0.385. The molecule has 6 heteroatoms. The van der Waals surface area contributed by atoms with E-state index >= 15 is 0 Å². The first-order valence-corrected chi connectivity index (χ1v) is 6.71. The number of carbonyl (C=O) groups is 1. The average Bonchev–Trinajstić information content (AvgIpc) is 2.36. The topological polar surface area (TPSA) is 89.6 Å². The highest BCUT2D eigenvalue weighted by Gasteiger charge is 2.11. The largest absolute Gasteiger partial charge is 0.354 e. The zero-order valence-electron chi connectivity index (χ0n) is 10.9. The first kappa shape index (κ1) is 15.0. The molecule has 98 valence electrons. The van der Waals surface area contributed by atoms with Crippen LogP contribution in [-0.2, 0) is 4.79 Å². The molecule has 0 saturated carbocycles. The number of amides is 1. The fourth-order valence-electron chi connectivity index (χ4n) is 1.49. The Kier molecular flexibility index (Phi) is 5.84. The molecule has 0 aromatic carbocycles. The lowest BCUT2D eigenvalue weighted by Crippen LogP contribution is -2.26. The zero-order valence-corrected chi connectivity index (χ0v) is 11.7. The molecule has 19 heavy (non-hydrogen) atoms. The van der Waals surface area contributed by atoms with Gasteiger partial charge in [-0.05, 0) is 25.5 Å². The molecule has 1 aromatic rings. The molecule has 0 aliphatic carbocycles. The van der Waals surface area contributed by atoms with Gasteiger partial charge in [0.15, 0.2) is 0 Å². The Labute approximate surface area is 116 Å². The van der Waals surface area contributed by atoms with E-state index in [0.717, 1.165) is 11.3 Å². The van der Waals surface area contributed by atoms with Gasteiger partial charge < -0.3 is 5.32 Å². The minimum atomic E-state index is -0.162. The van der Waals surface area contributed by atoms with Gasteiger partial charge in [-0.1, -0.05) is 11.8 Å². The van der Waals surface area contributed by atoms with Gasteiger partial charge in [-0.25, -0.2) is 4.98 Å². The SMILES string of the molecule is Cc1cc(C)c(C#N)c(SCC(=O)NCCC#N)n1. The van der Waals surface area contributed by atoms with E-state index in [1.807, 2.05) is 26.0 Å². The second-order valence-corrected chi connectivity index (χ2v) is 4.88. The Bertz CT molecular complexity index is 557. The highest BCUT2D eigenvalue weighted by atomic mass is 32.2. The summed E-state index contributed by atoms with van der Waals surface area (Å²) in [5, 5.41) is 20.7. The van der Waals surface area contributed by atoms with E-state index in [4.69, 9.17) is 10.5 Å². The minimum Gasteiger partial charge on any atom is -0.354 e. The van der Waals surface area contributed by atoms with E-state index in [9.17, 15) is 4.79 Å². The number of aryl methyl sites for hydroxylation is 2. The molecule has 0 fully saturated rings. The van der Waals surface area contributed by atoms with Gasteiger partial charge in [0.05, 0.1) is 23.8 Å². The van der Waals surface area contributed by atoms with Crippen molar-refractivity contribution < 1.29 is 4.79 Å². The van der Waals surface area contributed by atoms with Crippen molar-refractivity contribution in [1.29, 1.82) is 10.5 Å². The quantitative estimate of drug-likeness (QED) is 0.652. The van der Waals surface area contributed by atoms with E-state index < -0.39 is 0 Å². The summed E-state index contributed by atoms with van der Waals surface area (Å²) in [4.78, 5) is 15.8. The summed E-state index contributed by atoms with van der Waals surface area (Å²) in [5.74, 6) is 0.0285. The number of pyridine rings is 1. The van der Waals surface area contributed by atoms with Crippen LogP contribution in [0.25, 0.3) is 0 Å². The van der Waals surface area contributed by atoms with Crippen LogP contribution in [0.1, 0.15) is 23.2 Å². The third-order valence-electron chi connectivity index (χ3n) is 2.32. The van der Waals surface area contributed by atoms with Crippen LogP contribution in [-0.4, -0.2) is 23.2 Å². The maximum atomic E-state index is 11.5. The van der Waals surface area contributed by atoms with Crippen molar-refractivity contribution in [2.45, 2.75) is 25.3 Å². The predicted octanol–water partition coefficient (Wildman–Crippen LogP) is 1.69. The van der Waals surface area contributed by atoms with Crippen LogP contribution < -0.4 is 5.32 Å². The summed E-state index contributed by atoms with van der Waals surface area (Å²) in [6.45, 7) is 4.05. The number of hydrogen-bond acceptors (Lipinski definition) is 5. The number of rotatable bonds is 5. The van der Waals surface area contributed by atoms with E-state index in [-0.39, 0.29) is 11.7 Å². The number of nitrogens with zero attached hydrogens (tertiary/aromatic N) is 3. The highest BCUT2D eigenvalue weighted by molar-refractivity contribution is 8.00. The molecule has 0 radical (unpaired) electrons. The van der Waals surface area contributed by atoms with Crippen molar-refractivity contribution in [3.63, 3.8) is 0 Å². The van der Waals surface area contributed by atoms with E-state index in [1.54, 1.807) is 0 Å². The molecule has 0 atom stereocenters. The second kappa shape index (κ2) is 7.40. The monoisotopic (exact) mass is 274 g/mol. The Hall–Kier alpha value is -2.05. The Balaban J connectivity index is 2.66. The number of carbonyl (C=O) groups excluding carboxylic acids is 1. The number of aromatic nitrogens is 1. The van der Waals surface area contributed by atoms with Crippen LogP contribution in [0.5, 0.6) is 0 Å². The van der Waals surface area contributed by atoms with Crippen molar-refractivity contribution in [2.24, 2.45) is 0 Å². The van der Waals surface area contributed by atoms with Gasteiger partial charge in [0.2, 0.25) is 5.91 Å². The first-order chi connectivity index (χ1) is 9.08. The van der Waals surface area contributed by atoms with Crippen LogP contribution in [0.4, 0.5) is 0 Å². The van der Waals surface area contributed by atoms with Gasteiger partial charge in [-0.3, -0.25) is 4.79 Å². The first-order valence-electron chi connectivity index (χ1n) is 5.73. The summed E-state index contributed by atoms with van der Waals surface area (Å²) in [5.41, 5.74) is 2.20. The van der Waals surface area contributed by atoms with Gasteiger partial charge in [0.25, 0.3) is 0 Å². The van der Waals surface area contributed by atoms with Gasteiger partial charge in [-0.2, -0.15) is 10.5 Å². The Morgan fingerprint density at radius 3 is 2.84 bits per heavy atom. The number of thioether (sulfide) groups is 1. The molecule has 0 bridgehead atoms.